The number of nitrogens with two attached hydrogens (primary N) is 3. The number of rotatable bonds is 7. The number of aromatic nitrogens is 1. The molecule has 0 atom stereocenters. The van der Waals surface area contributed by atoms with Gasteiger partial charge in [-0.1, -0.05) is 6.07 Å². The lowest BCUT2D eigenvalue weighted by Crippen LogP contribution is -2.45. The van der Waals surface area contributed by atoms with Gasteiger partial charge in [-0.05, 0) is 24.7 Å². The molecule has 34 heavy (non-hydrogen) atoms. The number of fused-ring (bicyclic) bond motifs is 1. The van der Waals surface area contributed by atoms with Crippen molar-refractivity contribution in [3.63, 3.8) is 0 Å². The standard InChI is InChI=1S/C23H27N7O3S/c1-29-5-7-30(8-6-29)9-10-33-16-11-13(3-4-15(16)32-2)17-14(12-24)21(26)28-23-18(17)19(25)20(34-23)22(27)31/h3-4,11H,5-10,25H2,1-2H3,(H2,26,28)(H2,27,31). The van der Waals surface area contributed by atoms with Crippen molar-refractivity contribution in [2.45, 2.75) is 0 Å². The Balaban J connectivity index is 1.72. The number of nitriles is 1. The maximum absolute atomic E-state index is 11.9. The number of pyridine rings is 1. The van der Waals surface area contributed by atoms with Crippen LogP contribution in [0, 0.1) is 11.3 Å². The number of methoxy groups -OCH3 is 1. The number of hydrogen-bond acceptors (Lipinski definition) is 10. The van der Waals surface area contributed by atoms with Crippen molar-refractivity contribution in [2.75, 3.05) is 65.0 Å². The number of amides is 1. The van der Waals surface area contributed by atoms with Crippen LogP contribution in [-0.4, -0.2) is 74.2 Å². The van der Waals surface area contributed by atoms with Crippen molar-refractivity contribution < 1.29 is 14.3 Å². The number of nitrogen functional groups attached to an aromatic ring is 2. The van der Waals surface area contributed by atoms with E-state index < -0.39 is 5.91 Å². The number of carbonyl (C=O) groups is 1. The zero-order valence-corrected chi connectivity index (χ0v) is 19.9. The van der Waals surface area contributed by atoms with Crippen LogP contribution in [0.25, 0.3) is 21.3 Å². The van der Waals surface area contributed by atoms with Gasteiger partial charge in [-0.15, -0.1) is 11.3 Å². The quantitative estimate of drug-likeness (QED) is 0.457. The van der Waals surface area contributed by atoms with Gasteiger partial charge in [0.15, 0.2) is 11.5 Å². The summed E-state index contributed by atoms with van der Waals surface area (Å²) < 4.78 is 11.6. The van der Waals surface area contributed by atoms with Crippen LogP contribution in [0.5, 0.6) is 11.5 Å². The minimum absolute atomic E-state index is 0.0515. The Morgan fingerprint density at radius 1 is 1.24 bits per heavy atom. The van der Waals surface area contributed by atoms with Gasteiger partial charge in [-0.3, -0.25) is 9.69 Å². The van der Waals surface area contributed by atoms with Gasteiger partial charge in [-0.2, -0.15) is 5.26 Å². The topological polar surface area (TPSA) is 157 Å². The maximum Gasteiger partial charge on any atom is 0.260 e. The molecule has 1 aromatic carbocycles. The van der Waals surface area contributed by atoms with E-state index >= 15 is 0 Å². The Labute approximate surface area is 201 Å². The zero-order chi connectivity index (χ0) is 24.4. The fourth-order valence-electron chi connectivity index (χ4n) is 4.06. The molecule has 1 aliphatic heterocycles. The lowest BCUT2D eigenvalue weighted by atomic mass is 9.97. The molecule has 178 valence electrons. The summed E-state index contributed by atoms with van der Waals surface area (Å²) in [4.78, 5) is 21.4. The van der Waals surface area contributed by atoms with Crippen LogP contribution in [0.4, 0.5) is 11.5 Å². The van der Waals surface area contributed by atoms with Crippen molar-refractivity contribution in [2.24, 2.45) is 5.73 Å². The van der Waals surface area contributed by atoms with Crippen molar-refractivity contribution in [1.29, 1.82) is 5.26 Å². The molecule has 0 radical (unpaired) electrons. The maximum atomic E-state index is 11.9. The van der Waals surface area contributed by atoms with Gasteiger partial charge in [-0.25, -0.2) is 4.98 Å². The number of ether oxygens (including phenoxy) is 2. The summed E-state index contributed by atoms with van der Waals surface area (Å²) in [6.07, 6.45) is 0. The molecule has 6 N–H and O–H groups in total. The highest BCUT2D eigenvalue weighted by atomic mass is 32.1. The van der Waals surface area contributed by atoms with E-state index in [4.69, 9.17) is 26.7 Å². The Morgan fingerprint density at radius 3 is 2.62 bits per heavy atom. The smallest absolute Gasteiger partial charge is 0.260 e. The molecule has 4 rings (SSSR count). The molecule has 3 aromatic rings. The third-order valence-corrected chi connectivity index (χ3v) is 7.07. The van der Waals surface area contributed by atoms with Crippen LogP contribution >= 0.6 is 11.3 Å². The number of benzene rings is 1. The summed E-state index contributed by atoms with van der Waals surface area (Å²) in [5.74, 6) is 0.488. The third-order valence-electron chi connectivity index (χ3n) is 5.95. The van der Waals surface area contributed by atoms with E-state index in [1.807, 2.05) is 0 Å². The number of hydrogen-bond donors (Lipinski definition) is 3. The van der Waals surface area contributed by atoms with Crippen molar-refractivity contribution in [3.8, 4) is 28.7 Å². The van der Waals surface area contributed by atoms with E-state index in [1.54, 1.807) is 25.3 Å². The number of carbonyl (C=O) groups excluding carboxylic acids is 1. The van der Waals surface area contributed by atoms with Gasteiger partial charge in [0.25, 0.3) is 5.91 Å². The Morgan fingerprint density at radius 2 is 1.97 bits per heavy atom. The number of primary amides is 1. The molecule has 0 unspecified atom stereocenters. The van der Waals surface area contributed by atoms with Crippen molar-refractivity contribution in [3.05, 3.63) is 28.6 Å². The van der Waals surface area contributed by atoms with E-state index in [-0.39, 0.29) is 21.9 Å². The molecule has 2 aromatic heterocycles. The average Bonchev–Trinajstić information content (AvgIpc) is 3.15. The zero-order valence-electron chi connectivity index (χ0n) is 19.1. The molecule has 1 amide bonds. The fourth-order valence-corrected chi connectivity index (χ4v) is 5.02. The third kappa shape index (κ3) is 4.43. The molecule has 10 nitrogen and oxygen atoms in total. The van der Waals surface area contributed by atoms with Crippen molar-refractivity contribution >= 4 is 39.0 Å². The molecule has 0 bridgehead atoms. The molecule has 1 saturated heterocycles. The largest absolute Gasteiger partial charge is 0.493 e. The van der Waals surface area contributed by atoms with Crippen LogP contribution in [-0.2, 0) is 0 Å². The van der Waals surface area contributed by atoms with Gasteiger partial charge in [0.05, 0.1) is 12.8 Å². The van der Waals surface area contributed by atoms with E-state index in [2.05, 4.69) is 27.9 Å². The van der Waals surface area contributed by atoms with Crippen LogP contribution in [0.1, 0.15) is 15.2 Å². The van der Waals surface area contributed by atoms with Crippen LogP contribution < -0.4 is 26.7 Å². The van der Waals surface area contributed by atoms with E-state index in [1.165, 1.54) is 0 Å². The van der Waals surface area contributed by atoms with Crippen LogP contribution in [0.15, 0.2) is 18.2 Å². The van der Waals surface area contributed by atoms with E-state index in [0.29, 0.717) is 39.4 Å². The summed E-state index contributed by atoms with van der Waals surface area (Å²) in [5, 5.41) is 10.3. The Kier molecular flexibility index (Phi) is 6.74. The van der Waals surface area contributed by atoms with Gasteiger partial charge in [0.2, 0.25) is 0 Å². The van der Waals surface area contributed by atoms with Gasteiger partial charge >= 0.3 is 0 Å². The highest BCUT2D eigenvalue weighted by molar-refractivity contribution is 7.21. The number of thiophene rings is 1. The SMILES string of the molecule is COc1ccc(-c2c(C#N)c(N)nc3sc(C(N)=O)c(N)c23)cc1OCCN1CCN(C)CC1. The highest BCUT2D eigenvalue weighted by Crippen LogP contribution is 2.44. The summed E-state index contributed by atoms with van der Waals surface area (Å²) in [5.41, 5.74) is 19.3. The van der Waals surface area contributed by atoms with Gasteiger partial charge < -0.3 is 31.6 Å². The minimum Gasteiger partial charge on any atom is -0.493 e. The highest BCUT2D eigenvalue weighted by Gasteiger charge is 2.24. The molecule has 11 heteroatoms. The molecular formula is C23H27N7O3S. The molecule has 1 fully saturated rings. The predicted molar refractivity (Wildman–Crippen MR) is 133 cm³/mol. The first-order chi connectivity index (χ1) is 16.3. The van der Waals surface area contributed by atoms with E-state index in [0.717, 1.165) is 44.1 Å². The number of piperazine rings is 1. The monoisotopic (exact) mass is 481 g/mol. The lowest BCUT2D eigenvalue weighted by molar-refractivity contribution is 0.100. The summed E-state index contributed by atoms with van der Waals surface area (Å²) >= 11 is 1.05. The Hall–Kier alpha value is -3.59. The van der Waals surface area contributed by atoms with E-state index in [9.17, 15) is 10.1 Å². The minimum atomic E-state index is -0.661. The summed E-state index contributed by atoms with van der Waals surface area (Å²) in [7, 11) is 3.69. The fraction of sp³-hybridized carbons (Fsp3) is 0.348. The molecule has 3 heterocycles. The lowest BCUT2D eigenvalue weighted by Gasteiger charge is -2.32. The second kappa shape index (κ2) is 9.72. The first kappa shape index (κ1) is 23.6. The number of likely N-dealkylation sites (N-methyl/N-ethyl adjacent to an activating group) is 1. The second-order valence-corrected chi connectivity index (χ2v) is 9.11. The number of nitrogens with zero attached hydrogens (tertiary/aromatic N) is 4. The van der Waals surface area contributed by atoms with Crippen LogP contribution in [0.3, 0.4) is 0 Å². The summed E-state index contributed by atoms with van der Waals surface area (Å²) in [6, 6.07) is 7.47. The first-order valence-electron chi connectivity index (χ1n) is 10.8. The summed E-state index contributed by atoms with van der Waals surface area (Å²) in [6.45, 7) is 5.33. The van der Waals surface area contributed by atoms with Crippen molar-refractivity contribution in [1.82, 2.24) is 14.8 Å². The van der Waals surface area contributed by atoms with Crippen LogP contribution in [0.2, 0.25) is 0 Å². The number of anilines is 2. The molecular weight excluding hydrogens is 454 g/mol. The molecule has 0 saturated carbocycles. The molecule has 0 aliphatic carbocycles. The van der Waals surface area contributed by atoms with Gasteiger partial charge in [0, 0.05) is 43.7 Å². The normalized spacial score (nSPS) is 14.7. The Bertz CT molecular complexity index is 1280. The average molecular weight is 482 g/mol. The second-order valence-electron chi connectivity index (χ2n) is 8.11. The van der Waals surface area contributed by atoms with Gasteiger partial charge in [0.1, 0.15) is 33.8 Å². The molecule has 1 aliphatic rings. The predicted octanol–water partition coefficient (Wildman–Crippen LogP) is 1.73. The molecule has 0 spiro atoms. The first-order valence-corrected chi connectivity index (χ1v) is 11.6.